The summed E-state index contributed by atoms with van der Waals surface area (Å²) in [6.07, 6.45) is 3.59. The molecule has 1 heterocycles. The van der Waals surface area contributed by atoms with Crippen molar-refractivity contribution in [2.24, 2.45) is 5.73 Å². The normalized spacial score (nSPS) is 10.5. The first-order valence-corrected chi connectivity index (χ1v) is 8.13. The molecule has 24 heavy (non-hydrogen) atoms. The Labute approximate surface area is 142 Å². The largest absolute Gasteiger partial charge is 0.360 e. The van der Waals surface area contributed by atoms with Crippen LogP contribution in [0.15, 0.2) is 79.0 Å². The van der Waals surface area contributed by atoms with Gasteiger partial charge in [-0.15, -0.1) is 0 Å². The Bertz CT molecular complexity index is 814. The summed E-state index contributed by atoms with van der Waals surface area (Å²) in [7, 11) is 0. The van der Waals surface area contributed by atoms with Crippen LogP contribution in [0, 0.1) is 0 Å². The van der Waals surface area contributed by atoms with E-state index in [1.807, 2.05) is 59.3 Å². The smallest absolute Gasteiger partial charge is 0.313 e. The number of nitrogens with two attached hydrogens (primary N) is 1. The minimum atomic E-state index is -0.380. The molecular weight excluding hydrogens is 296 g/mol. The molecule has 0 atom stereocenters. The Balaban J connectivity index is 1.86. The predicted molar refractivity (Wildman–Crippen MR) is 94.5 cm³/mol. The molecule has 3 nitrogen and oxygen atoms in total. The molecule has 3 aromatic rings. The minimum Gasteiger partial charge on any atom is -0.360 e. The molecule has 2 aromatic carbocycles. The number of hydrogen-bond acceptors (Lipinski definition) is 1. The number of nitrogens with zero attached hydrogens (tertiary/aromatic N) is 1. The molecule has 0 unspecified atom stereocenters. The molecule has 2 N–H and O–H groups in total. The highest BCUT2D eigenvalue weighted by molar-refractivity contribution is 5.90. The quantitative estimate of drug-likeness (QED) is 0.698. The first kappa shape index (κ1) is 15.9. The topological polar surface area (TPSA) is 47.0 Å². The summed E-state index contributed by atoms with van der Waals surface area (Å²) in [5.74, 6) is -0.380. The van der Waals surface area contributed by atoms with E-state index < -0.39 is 0 Å². The summed E-state index contributed by atoms with van der Waals surface area (Å²) in [6, 6.07) is 24.3. The standard InChI is InChI=1S/C21H20N2O/c22-21(24)20-19(14-13-17-8-3-1-4-9-17)12-7-15-23(20)16-18-10-5-2-6-11-18/h1-12,15H,13-14,16H2,(H-,22,24)/p+1. The average Bonchev–Trinajstić information content (AvgIpc) is 2.61. The average molecular weight is 317 g/mol. The molecule has 0 fully saturated rings. The van der Waals surface area contributed by atoms with E-state index in [9.17, 15) is 4.79 Å². The van der Waals surface area contributed by atoms with Crippen LogP contribution in [0.25, 0.3) is 0 Å². The van der Waals surface area contributed by atoms with Crippen molar-refractivity contribution in [3.8, 4) is 0 Å². The highest BCUT2D eigenvalue weighted by atomic mass is 16.1. The van der Waals surface area contributed by atoms with Gasteiger partial charge in [-0.25, -0.2) is 0 Å². The van der Waals surface area contributed by atoms with Gasteiger partial charge in [-0.1, -0.05) is 60.7 Å². The lowest BCUT2D eigenvalue weighted by molar-refractivity contribution is -0.690. The van der Waals surface area contributed by atoms with Crippen LogP contribution < -0.4 is 10.3 Å². The van der Waals surface area contributed by atoms with E-state index in [1.165, 1.54) is 5.56 Å². The highest BCUT2D eigenvalue weighted by Gasteiger charge is 2.21. The van der Waals surface area contributed by atoms with Crippen molar-refractivity contribution in [3.05, 3.63) is 101 Å². The summed E-state index contributed by atoms with van der Waals surface area (Å²) in [5, 5.41) is 0. The second-order valence-corrected chi connectivity index (χ2v) is 5.85. The Hall–Kier alpha value is -2.94. The molecule has 3 heteroatoms. The SMILES string of the molecule is NC(=O)c1c(CCc2ccccc2)ccc[n+]1Cc1ccccc1. The molecule has 0 saturated carbocycles. The lowest BCUT2D eigenvalue weighted by Gasteiger charge is -2.07. The maximum Gasteiger partial charge on any atom is 0.313 e. The number of hydrogen-bond donors (Lipinski definition) is 1. The van der Waals surface area contributed by atoms with Crippen molar-refractivity contribution in [2.75, 3.05) is 0 Å². The maximum absolute atomic E-state index is 12.0. The van der Waals surface area contributed by atoms with Crippen molar-refractivity contribution < 1.29 is 9.36 Å². The Morgan fingerprint density at radius 1 is 0.792 bits per heavy atom. The lowest BCUT2D eigenvalue weighted by Crippen LogP contribution is -2.43. The number of aromatic nitrogens is 1. The fourth-order valence-corrected chi connectivity index (χ4v) is 2.94. The van der Waals surface area contributed by atoms with Gasteiger partial charge in [-0.05, 0) is 24.5 Å². The molecule has 0 spiro atoms. The third-order valence-electron chi connectivity index (χ3n) is 4.11. The number of pyridine rings is 1. The van der Waals surface area contributed by atoms with Crippen molar-refractivity contribution in [3.63, 3.8) is 0 Å². The van der Waals surface area contributed by atoms with Crippen LogP contribution in [-0.2, 0) is 19.4 Å². The highest BCUT2D eigenvalue weighted by Crippen LogP contribution is 2.10. The lowest BCUT2D eigenvalue weighted by atomic mass is 10.0. The number of benzene rings is 2. The van der Waals surface area contributed by atoms with Gasteiger partial charge in [-0.2, -0.15) is 4.57 Å². The Morgan fingerprint density at radius 3 is 2.04 bits per heavy atom. The maximum atomic E-state index is 12.0. The van der Waals surface area contributed by atoms with Gasteiger partial charge in [0.15, 0.2) is 12.7 Å². The van der Waals surface area contributed by atoms with Crippen molar-refractivity contribution in [1.29, 1.82) is 0 Å². The number of carbonyl (C=O) groups is 1. The molecule has 1 amide bonds. The molecule has 0 bridgehead atoms. The summed E-state index contributed by atoms with van der Waals surface area (Å²) < 4.78 is 1.94. The number of amides is 1. The number of carbonyl (C=O) groups excluding carboxylic acids is 1. The summed E-state index contributed by atoms with van der Waals surface area (Å²) in [6.45, 7) is 0.637. The zero-order valence-corrected chi connectivity index (χ0v) is 13.6. The molecule has 0 aliphatic rings. The van der Waals surface area contributed by atoms with Gasteiger partial charge in [0.25, 0.3) is 5.69 Å². The fourth-order valence-electron chi connectivity index (χ4n) is 2.94. The first-order chi connectivity index (χ1) is 11.7. The Kier molecular flexibility index (Phi) is 5.02. The van der Waals surface area contributed by atoms with Crippen LogP contribution in [0.5, 0.6) is 0 Å². The van der Waals surface area contributed by atoms with Gasteiger partial charge in [0.05, 0.1) is 0 Å². The van der Waals surface area contributed by atoms with Crippen LogP contribution in [-0.4, -0.2) is 5.91 Å². The summed E-state index contributed by atoms with van der Waals surface area (Å²) >= 11 is 0. The van der Waals surface area contributed by atoms with Gasteiger partial charge in [0, 0.05) is 17.2 Å². The van der Waals surface area contributed by atoms with E-state index >= 15 is 0 Å². The molecule has 0 radical (unpaired) electrons. The van der Waals surface area contributed by atoms with Gasteiger partial charge in [0.2, 0.25) is 0 Å². The van der Waals surface area contributed by atoms with E-state index in [0.717, 1.165) is 24.0 Å². The molecule has 0 aliphatic heterocycles. The number of aryl methyl sites for hydroxylation is 2. The van der Waals surface area contributed by atoms with Crippen LogP contribution in [0.4, 0.5) is 0 Å². The molecular formula is C21H21N2O+. The first-order valence-electron chi connectivity index (χ1n) is 8.13. The second-order valence-electron chi connectivity index (χ2n) is 5.85. The van der Waals surface area contributed by atoms with Crippen LogP contribution in [0.1, 0.15) is 27.2 Å². The number of rotatable bonds is 6. The monoisotopic (exact) mass is 317 g/mol. The van der Waals surface area contributed by atoms with Crippen molar-refractivity contribution >= 4 is 5.91 Å². The van der Waals surface area contributed by atoms with Crippen LogP contribution in [0.3, 0.4) is 0 Å². The third-order valence-corrected chi connectivity index (χ3v) is 4.11. The zero-order valence-electron chi connectivity index (χ0n) is 13.6. The van der Waals surface area contributed by atoms with Crippen LogP contribution >= 0.6 is 0 Å². The van der Waals surface area contributed by atoms with Crippen molar-refractivity contribution in [1.82, 2.24) is 0 Å². The van der Waals surface area contributed by atoms with Gasteiger partial charge in [-0.3, -0.25) is 4.79 Å². The molecule has 120 valence electrons. The van der Waals surface area contributed by atoms with E-state index in [-0.39, 0.29) is 5.91 Å². The van der Waals surface area contributed by atoms with E-state index in [2.05, 4.69) is 24.3 Å². The molecule has 0 saturated heterocycles. The van der Waals surface area contributed by atoms with E-state index in [0.29, 0.717) is 12.2 Å². The van der Waals surface area contributed by atoms with Gasteiger partial charge in [0.1, 0.15) is 0 Å². The molecule has 3 rings (SSSR count). The second kappa shape index (κ2) is 7.55. The van der Waals surface area contributed by atoms with E-state index in [4.69, 9.17) is 5.73 Å². The van der Waals surface area contributed by atoms with Crippen molar-refractivity contribution in [2.45, 2.75) is 19.4 Å². The number of primary amides is 1. The summed E-state index contributed by atoms with van der Waals surface area (Å²) in [4.78, 5) is 12.0. The van der Waals surface area contributed by atoms with Crippen LogP contribution in [0.2, 0.25) is 0 Å². The zero-order chi connectivity index (χ0) is 16.8. The molecule has 0 aliphatic carbocycles. The third kappa shape index (κ3) is 3.87. The van der Waals surface area contributed by atoms with Gasteiger partial charge >= 0.3 is 5.91 Å². The fraction of sp³-hybridized carbons (Fsp3) is 0.143. The molecule has 1 aromatic heterocycles. The Morgan fingerprint density at radius 2 is 1.42 bits per heavy atom. The van der Waals surface area contributed by atoms with E-state index in [1.54, 1.807) is 0 Å². The van der Waals surface area contributed by atoms with Gasteiger partial charge < -0.3 is 5.73 Å². The predicted octanol–water partition coefficient (Wildman–Crippen LogP) is 2.91. The summed E-state index contributed by atoms with van der Waals surface area (Å²) in [5.41, 5.74) is 9.66. The minimum absolute atomic E-state index is 0.380.